The van der Waals surface area contributed by atoms with Crippen LogP contribution in [0.5, 0.6) is 5.75 Å². The largest absolute Gasteiger partial charge is 0.460 e. The second-order valence-electron chi connectivity index (χ2n) is 10.1. The number of alkyl halides is 12. The van der Waals surface area contributed by atoms with E-state index in [0.717, 1.165) is 45.0 Å². The molecule has 0 spiro atoms. The van der Waals surface area contributed by atoms with Gasteiger partial charge in [-0.2, -0.15) is 61.1 Å². The summed E-state index contributed by atoms with van der Waals surface area (Å²) in [5.41, 5.74) is -7.23. The highest BCUT2D eigenvalue weighted by Gasteiger charge is 2.86. The minimum Gasteiger partial charge on any atom is -0.375 e. The fourth-order valence-corrected chi connectivity index (χ4v) is 4.74. The van der Waals surface area contributed by atoms with Gasteiger partial charge in [0, 0.05) is 16.5 Å². The third-order valence-electron chi connectivity index (χ3n) is 5.88. The van der Waals surface area contributed by atoms with Crippen molar-refractivity contribution in [2.24, 2.45) is 0 Å². The predicted octanol–water partition coefficient (Wildman–Crippen LogP) is 8.87. The van der Waals surface area contributed by atoms with Crippen LogP contribution in [0.4, 0.5) is 52.7 Å². The molecule has 0 atom stereocenters. The number of pyridine rings is 1. The molecule has 236 valence electrons. The number of halogens is 12. The lowest BCUT2D eigenvalue weighted by Crippen LogP contribution is -2.63. The van der Waals surface area contributed by atoms with Gasteiger partial charge in [0.2, 0.25) is 0 Å². The van der Waals surface area contributed by atoms with Gasteiger partial charge < -0.3 is 4.18 Å². The molecule has 0 aliphatic rings. The molecule has 1 heterocycles. The van der Waals surface area contributed by atoms with Crippen molar-refractivity contribution in [1.82, 2.24) is 4.98 Å². The number of rotatable bonds is 7. The zero-order chi connectivity index (χ0) is 33.0. The van der Waals surface area contributed by atoms with E-state index in [1.807, 2.05) is 0 Å². The Labute approximate surface area is 236 Å². The number of aromatic nitrogens is 1. The fraction of sp³-hybridized carbons (Fsp3) is 0.346. The molecule has 0 fully saturated rings. The van der Waals surface area contributed by atoms with Gasteiger partial charge in [0.25, 0.3) is 0 Å². The second kappa shape index (κ2) is 10.6. The van der Waals surface area contributed by atoms with Gasteiger partial charge >= 0.3 is 39.6 Å². The van der Waals surface area contributed by atoms with Gasteiger partial charge in [0.05, 0.1) is 5.69 Å². The molecular weight excluding hydrogens is 634 g/mol. The maximum absolute atomic E-state index is 14.7. The van der Waals surface area contributed by atoms with E-state index < -0.39 is 73.2 Å². The van der Waals surface area contributed by atoms with E-state index in [4.69, 9.17) is 0 Å². The Bertz CT molecular complexity index is 1580. The highest BCUT2D eigenvalue weighted by molar-refractivity contribution is 7.88. The van der Waals surface area contributed by atoms with Crippen LogP contribution in [0.2, 0.25) is 0 Å². The number of hydrogen-bond donors (Lipinski definition) is 0. The molecule has 17 heteroatoms. The quantitative estimate of drug-likeness (QED) is 0.189. The summed E-state index contributed by atoms with van der Waals surface area (Å²) in [6, 6.07) is 11.8. The van der Waals surface area contributed by atoms with E-state index in [1.165, 1.54) is 36.4 Å². The topological polar surface area (TPSA) is 56.3 Å². The number of hydrogen-bond acceptors (Lipinski definition) is 4. The van der Waals surface area contributed by atoms with Crippen LogP contribution < -0.4 is 4.18 Å². The standard InChI is InChI=1S/C26H19F12NO3S/c1-21(2,3)20-18(42-43(40,41)26(37,38)24(32,33)23(30,31)25(34,35)36)16(14-10-6-4-7-11-14)17(15-12-8-5-9-13-15)19(39-20)22(27,28)29/h4-13H,1-3H3. The first-order chi connectivity index (χ1) is 19.3. The molecule has 0 radical (unpaired) electrons. The Morgan fingerprint density at radius 3 is 1.40 bits per heavy atom. The van der Waals surface area contributed by atoms with E-state index >= 15 is 0 Å². The summed E-state index contributed by atoms with van der Waals surface area (Å²) in [6.07, 6.45) is -12.7. The third-order valence-corrected chi connectivity index (χ3v) is 7.15. The fourth-order valence-electron chi connectivity index (χ4n) is 3.81. The summed E-state index contributed by atoms with van der Waals surface area (Å²) in [4.78, 5) is 3.42. The Morgan fingerprint density at radius 1 is 0.605 bits per heavy atom. The average Bonchev–Trinajstić information content (AvgIpc) is 2.86. The molecule has 0 bridgehead atoms. The van der Waals surface area contributed by atoms with Crippen molar-refractivity contribution in [1.29, 1.82) is 0 Å². The molecule has 2 aromatic carbocycles. The lowest BCUT2D eigenvalue weighted by Gasteiger charge is -2.33. The van der Waals surface area contributed by atoms with Crippen molar-refractivity contribution in [2.45, 2.75) is 55.6 Å². The molecular formula is C26H19F12NO3S. The van der Waals surface area contributed by atoms with Crippen LogP contribution in [0.25, 0.3) is 22.3 Å². The first-order valence-electron chi connectivity index (χ1n) is 11.7. The van der Waals surface area contributed by atoms with Crippen LogP contribution in [0.1, 0.15) is 32.2 Å². The van der Waals surface area contributed by atoms with Gasteiger partial charge in [0.15, 0.2) is 11.4 Å². The summed E-state index contributed by atoms with van der Waals surface area (Å²) >= 11 is 0. The van der Waals surface area contributed by atoms with E-state index in [0.29, 0.717) is 0 Å². The van der Waals surface area contributed by atoms with Crippen LogP contribution >= 0.6 is 0 Å². The van der Waals surface area contributed by atoms with Gasteiger partial charge in [-0.3, -0.25) is 0 Å². The zero-order valence-corrected chi connectivity index (χ0v) is 22.7. The van der Waals surface area contributed by atoms with Crippen LogP contribution in [-0.4, -0.2) is 36.7 Å². The zero-order valence-electron chi connectivity index (χ0n) is 21.9. The molecule has 0 saturated carbocycles. The summed E-state index contributed by atoms with van der Waals surface area (Å²) < 4.78 is 196. The molecule has 3 rings (SSSR count). The summed E-state index contributed by atoms with van der Waals surface area (Å²) in [6.45, 7) is 3.28. The number of nitrogens with zero attached hydrogens (tertiary/aromatic N) is 1. The molecule has 0 unspecified atom stereocenters. The SMILES string of the molecule is CC(C)(C)c1nc(C(F)(F)F)c(-c2ccccc2)c(-c2ccccc2)c1OS(=O)(=O)C(F)(F)C(F)(F)C(F)(F)C(F)(F)F. The molecule has 0 aliphatic carbocycles. The van der Waals surface area contributed by atoms with Crippen molar-refractivity contribution in [2.75, 3.05) is 0 Å². The third kappa shape index (κ3) is 5.87. The minimum absolute atomic E-state index is 0.357. The van der Waals surface area contributed by atoms with Crippen molar-refractivity contribution in [3.05, 3.63) is 72.1 Å². The first-order valence-corrected chi connectivity index (χ1v) is 13.1. The summed E-state index contributed by atoms with van der Waals surface area (Å²) in [7, 11) is -7.56. The van der Waals surface area contributed by atoms with Gasteiger partial charge in [-0.25, -0.2) is 4.98 Å². The molecule has 0 amide bonds. The molecule has 3 aromatic rings. The summed E-state index contributed by atoms with van der Waals surface area (Å²) in [5.74, 6) is -16.8. The number of benzene rings is 2. The van der Waals surface area contributed by atoms with Gasteiger partial charge in [-0.15, -0.1) is 0 Å². The highest BCUT2D eigenvalue weighted by Crippen LogP contribution is 2.56. The maximum atomic E-state index is 14.7. The Hall–Kier alpha value is -3.50. The van der Waals surface area contributed by atoms with E-state index in [1.54, 1.807) is 0 Å². The Balaban J connectivity index is 2.53. The van der Waals surface area contributed by atoms with E-state index in [-0.39, 0.29) is 11.1 Å². The van der Waals surface area contributed by atoms with Gasteiger partial charge in [-0.05, 0) is 11.1 Å². The lowest BCUT2D eigenvalue weighted by molar-refractivity contribution is -0.382. The second-order valence-corrected chi connectivity index (χ2v) is 11.7. The molecule has 1 aromatic heterocycles. The first kappa shape index (κ1) is 34.0. The van der Waals surface area contributed by atoms with Crippen LogP contribution in [0, 0.1) is 0 Å². The van der Waals surface area contributed by atoms with Gasteiger partial charge in [-0.1, -0.05) is 81.4 Å². The van der Waals surface area contributed by atoms with Crippen molar-refractivity contribution in [3.8, 4) is 28.0 Å². The lowest BCUT2D eigenvalue weighted by atomic mass is 9.85. The predicted molar refractivity (Wildman–Crippen MR) is 129 cm³/mol. The molecule has 4 nitrogen and oxygen atoms in total. The van der Waals surface area contributed by atoms with Crippen LogP contribution in [0.15, 0.2) is 60.7 Å². The molecule has 43 heavy (non-hydrogen) atoms. The van der Waals surface area contributed by atoms with Gasteiger partial charge in [0.1, 0.15) is 0 Å². The molecule has 0 N–H and O–H groups in total. The normalized spacial score (nSPS) is 14.1. The van der Waals surface area contributed by atoms with Crippen molar-refractivity contribution in [3.63, 3.8) is 0 Å². The van der Waals surface area contributed by atoms with E-state index in [2.05, 4.69) is 9.17 Å². The van der Waals surface area contributed by atoms with E-state index in [9.17, 15) is 61.1 Å². The molecule has 0 aliphatic heterocycles. The van der Waals surface area contributed by atoms with Crippen molar-refractivity contribution >= 4 is 10.1 Å². The summed E-state index contributed by atoms with van der Waals surface area (Å²) in [5, 5.41) is -7.28. The van der Waals surface area contributed by atoms with Crippen LogP contribution in [-0.2, 0) is 21.7 Å². The average molecular weight is 653 g/mol. The maximum Gasteiger partial charge on any atom is 0.460 e. The smallest absolute Gasteiger partial charge is 0.375 e. The van der Waals surface area contributed by atoms with Crippen molar-refractivity contribution < 1.29 is 65.3 Å². The Morgan fingerprint density at radius 2 is 1.02 bits per heavy atom. The Kier molecular flexibility index (Phi) is 8.37. The highest BCUT2D eigenvalue weighted by atomic mass is 32.2. The van der Waals surface area contributed by atoms with Crippen LogP contribution in [0.3, 0.4) is 0 Å². The molecule has 0 saturated heterocycles. The minimum atomic E-state index is -7.65. The monoisotopic (exact) mass is 653 g/mol.